The highest BCUT2D eigenvalue weighted by atomic mass is 79.9. The Bertz CT molecular complexity index is 425. The van der Waals surface area contributed by atoms with Crippen molar-refractivity contribution in [3.63, 3.8) is 0 Å². The van der Waals surface area contributed by atoms with Crippen LogP contribution in [0, 0.1) is 0 Å². The minimum Gasteiger partial charge on any atom is -0.364 e. The van der Waals surface area contributed by atoms with E-state index >= 15 is 0 Å². The zero-order valence-electron chi connectivity index (χ0n) is 8.11. The number of nitrogens with two attached hydrogens (primary N) is 2. The predicted molar refractivity (Wildman–Crippen MR) is 63.6 cm³/mol. The molecule has 0 aliphatic rings. The van der Waals surface area contributed by atoms with Crippen molar-refractivity contribution in [2.75, 3.05) is 5.43 Å². The van der Waals surface area contributed by atoms with Crippen molar-refractivity contribution >= 4 is 39.1 Å². The number of benzene rings is 1. The Morgan fingerprint density at radius 1 is 1.12 bits per heavy atom. The van der Waals surface area contributed by atoms with Crippen LogP contribution in [0.3, 0.4) is 0 Å². The SMILES string of the molecule is NC(=O)C(=NNc1ccc(Br)cc1)C(N)=O. The van der Waals surface area contributed by atoms with E-state index in [9.17, 15) is 9.59 Å². The second-order valence-corrected chi connectivity index (χ2v) is 3.72. The predicted octanol–water partition coefficient (Wildman–Crippen LogP) is 0.188. The fourth-order valence-corrected chi connectivity index (χ4v) is 1.14. The molecule has 0 fully saturated rings. The second-order valence-electron chi connectivity index (χ2n) is 2.81. The van der Waals surface area contributed by atoms with Gasteiger partial charge in [-0.15, -0.1) is 0 Å². The minimum absolute atomic E-state index is 0.525. The maximum absolute atomic E-state index is 10.8. The lowest BCUT2D eigenvalue weighted by Crippen LogP contribution is -2.36. The molecule has 1 aromatic rings. The molecule has 5 N–H and O–H groups in total. The first-order valence-electron chi connectivity index (χ1n) is 4.19. The number of rotatable bonds is 4. The third kappa shape index (κ3) is 3.35. The van der Waals surface area contributed by atoms with E-state index in [-0.39, 0.29) is 0 Å². The van der Waals surface area contributed by atoms with Crippen molar-refractivity contribution in [1.82, 2.24) is 0 Å². The van der Waals surface area contributed by atoms with Crippen LogP contribution in [0.25, 0.3) is 0 Å². The van der Waals surface area contributed by atoms with Crippen LogP contribution >= 0.6 is 15.9 Å². The van der Waals surface area contributed by atoms with Gasteiger partial charge in [-0.1, -0.05) is 15.9 Å². The number of hydrogen-bond donors (Lipinski definition) is 3. The number of halogens is 1. The summed E-state index contributed by atoms with van der Waals surface area (Å²) in [6.07, 6.45) is 0. The van der Waals surface area contributed by atoms with E-state index in [0.717, 1.165) is 4.47 Å². The van der Waals surface area contributed by atoms with E-state index in [4.69, 9.17) is 11.5 Å². The first kappa shape index (κ1) is 12.2. The molecule has 0 heterocycles. The lowest BCUT2D eigenvalue weighted by Gasteiger charge is -2.01. The molecule has 0 atom stereocenters. The molecule has 0 aliphatic carbocycles. The van der Waals surface area contributed by atoms with Gasteiger partial charge in [0.2, 0.25) is 5.71 Å². The van der Waals surface area contributed by atoms with Crippen LogP contribution < -0.4 is 16.9 Å². The first-order chi connectivity index (χ1) is 7.50. The van der Waals surface area contributed by atoms with Gasteiger partial charge in [0.25, 0.3) is 11.8 Å². The number of hydrogen-bond acceptors (Lipinski definition) is 4. The monoisotopic (exact) mass is 284 g/mol. The number of carbonyl (C=O) groups excluding carboxylic acids is 2. The van der Waals surface area contributed by atoms with E-state index in [1.807, 2.05) is 0 Å². The van der Waals surface area contributed by atoms with Gasteiger partial charge in [0.1, 0.15) is 0 Å². The normalized spacial score (nSPS) is 9.31. The summed E-state index contributed by atoms with van der Waals surface area (Å²) < 4.78 is 0.895. The summed E-state index contributed by atoms with van der Waals surface area (Å²) in [6, 6.07) is 6.94. The minimum atomic E-state index is -0.975. The number of carbonyl (C=O) groups is 2. The Kier molecular flexibility index (Phi) is 4.01. The summed E-state index contributed by atoms with van der Waals surface area (Å²) in [7, 11) is 0. The van der Waals surface area contributed by atoms with Crippen LogP contribution in [0.4, 0.5) is 5.69 Å². The summed E-state index contributed by atoms with van der Waals surface area (Å²) in [5.74, 6) is -1.95. The second kappa shape index (κ2) is 5.26. The van der Waals surface area contributed by atoms with Crippen molar-refractivity contribution < 1.29 is 9.59 Å². The van der Waals surface area contributed by atoms with Gasteiger partial charge in [0, 0.05) is 4.47 Å². The van der Waals surface area contributed by atoms with Gasteiger partial charge >= 0.3 is 0 Å². The fraction of sp³-hybridized carbons (Fsp3) is 0. The van der Waals surface area contributed by atoms with Crippen LogP contribution in [0.5, 0.6) is 0 Å². The molecule has 1 aromatic carbocycles. The van der Waals surface area contributed by atoms with E-state index in [1.54, 1.807) is 24.3 Å². The molecule has 0 saturated carbocycles. The van der Waals surface area contributed by atoms with E-state index in [2.05, 4.69) is 26.5 Å². The average Bonchev–Trinajstić information content (AvgIpc) is 2.20. The highest BCUT2D eigenvalue weighted by molar-refractivity contribution is 9.10. The van der Waals surface area contributed by atoms with Gasteiger partial charge in [-0.05, 0) is 24.3 Å². The lowest BCUT2D eigenvalue weighted by molar-refractivity contribution is -0.115. The van der Waals surface area contributed by atoms with Gasteiger partial charge in [-0.25, -0.2) is 0 Å². The molecule has 0 unspecified atom stereocenters. The molecular formula is C9H9BrN4O2. The van der Waals surface area contributed by atoms with Gasteiger partial charge in [0.05, 0.1) is 5.69 Å². The molecule has 2 amide bonds. The van der Waals surface area contributed by atoms with Crippen LogP contribution in [0.2, 0.25) is 0 Å². The summed E-state index contributed by atoms with van der Waals surface area (Å²) in [6.45, 7) is 0. The van der Waals surface area contributed by atoms with Gasteiger partial charge in [-0.2, -0.15) is 5.10 Å². The van der Waals surface area contributed by atoms with E-state index in [0.29, 0.717) is 5.69 Å². The quantitative estimate of drug-likeness (QED) is 0.417. The fourth-order valence-electron chi connectivity index (χ4n) is 0.876. The summed E-state index contributed by atoms with van der Waals surface area (Å²) in [5, 5.41) is 3.52. The van der Waals surface area contributed by atoms with Crippen molar-refractivity contribution in [3.8, 4) is 0 Å². The maximum Gasteiger partial charge on any atom is 0.274 e. The van der Waals surface area contributed by atoms with Crippen LogP contribution in [0.15, 0.2) is 33.8 Å². The molecule has 6 nitrogen and oxygen atoms in total. The first-order valence-corrected chi connectivity index (χ1v) is 4.99. The summed E-state index contributed by atoms with van der Waals surface area (Å²) in [4.78, 5) is 21.5. The highest BCUT2D eigenvalue weighted by Gasteiger charge is 2.13. The van der Waals surface area contributed by atoms with Gasteiger partial charge < -0.3 is 11.5 Å². The average molecular weight is 285 g/mol. The van der Waals surface area contributed by atoms with Crippen molar-refractivity contribution in [2.45, 2.75) is 0 Å². The molecule has 0 spiro atoms. The topological polar surface area (TPSA) is 111 Å². The Morgan fingerprint density at radius 2 is 1.62 bits per heavy atom. The number of anilines is 1. The summed E-state index contributed by atoms with van der Waals surface area (Å²) in [5.41, 5.74) is 12.4. The van der Waals surface area contributed by atoms with Gasteiger partial charge in [-0.3, -0.25) is 15.0 Å². The third-order valence-electron chi connectivity index (χ3n) is 1.61. The Hall–Kier alpha value is -1.89. The highest BCUT2D eigenvalue weighted by Crippen LogP contribution is 2.13. The third-order valence-corrected chi connectivity index (χ3v) is 2.14. The van der Waals surface area contributed by atoms with Crippen molar-refractivity contribution in [2.24, 2.45) is 16.6 Å². The molecule has 0 radical (unpaired) electrons. The summed E-state index contributed by atoms with van der Waals surface area (Å²) >= 11 is 3.26. The molecule has 0 aromatic heterocycles. The number of primary amides is 2. The molecule has 84 valence electrons. The Labute approximate surface area is 99.8 Å². The van der Waals surface area contributed by atoms with Crippen LogP contribution in [-0.2, 0) is 9.59 Å². The maximum atomic E-state index is 10.8. The van der Waals surface area contributed by atoms with Crippen molar-refractivity contribution in [3.05, 3.63) is 28.7 Å². The largest absolute Gasteiger partial charge is 0.364 e. The smallest absolute Gasteiger partial charge is 0.274 e. The molecule has 0 bridgehead atoms. The molecular weight excluding hydrogens is 276 g/mol. The molecule has 16 heavy (non-hydrogen) atoms. The molecule has 1 rings (SSSR count). The van der Waals surface area contributed by atoms with Gasteiger partial charge in [0.15, 0.2) is 0 Å². The number of hydrazone groups is 1. The van der Waals surface area contributed by atoms with Crippen molar-refractivity contribution in [1.29, 1.82) is 0 Å². The Morgan fingerprint density at radius 3 is 2.06 bits per heavy atom. The molecule has 0 saturated heterocycles. The molecule has 7 heteroatoms. The van der Waals surface area contributed by atoms with E-state index in [1.165, 1.54) is 0 Å². The van der Waals surface area contributed by atoms with Crippen LogP contribution in [-0.4, -0.2) is 17.5 Å². The number of nitrogens with one attached hydrogen (secondary N) is 1. The Balaban J connectivity index is 2.81. The standard InChI is InChI=1S/C9H9BrN4O2/c10-5-1-3-6(4-2-5)13-14-7(8(11)15)9(12)16/h1-4,13H,(H2,11,15)(H2,12,16). The lowest BCUT2D eigenvalue weighted by atomic mass is 10.3. The molecule has 0 aliphatic heterocycles. The van der Waals surface area contributed by atoms with E-state index < -0.39 is 17.5 Å². The number of nitrogens with zero attached hydrogens (tertiary/aromatic N) is 1. The van der Waals surface area contributed by atoms with Crippen LogP contribution in [0.1, 0.15) is 0 Å². The number of amides is 2. The zero-order chi connectivity index (χ0) is 12.1. The zero-order valence-corrected chi connectivity index (χ0v) is 9.69.